The number of cyclic esters (lactones) is 1. The Balaban J connectivity index is 1.93. The smallest absolute Gasteiger partial charge is 0.410 e. The molecule has 1 aromatic rings. The Labute approximate surface area is 185 Å². The highest BCUT2D eigenvalue weighted by atomic mass is 32.2. The minimum absolute atomic E-state index is 0.0274. The predicted molar refractivity (Wildman–Crippen MR) is 116 cm³/mol. The molecule has 10 heteroatoms. The van der Waals surface area contributed by atoms with Gasteiger partial charge in [-0.05, 0) is 25.2 Å². The highest BCUT2D eigenvalue weighted by Gasteiger charge is 2.37. The molecule has 3 atom stereocenters. The predicted octanol–water partition coefficient (Wildman–Crippen LogP) is 3.51. The van der Waals surface area contributed by atoms with Crippen LogP contribution in [0.5, 0.6) is 0 Å². The van der Waals surface area contributed by atoms with Crippen molar-refractivity contribution in [3.63, 3.8) is 0 Å². The number of thioether (sulfide) groups is 1. The van der Waals surface area contributed by atoms with Crippen LogP contribution in [-0.2, 0) is 9.47 Å². The molecular weight excluding hydrogens is 428 g/mol. The standard InChI is InChI=1S/C20H30N2O6S2/c1-13-15(6-7-16(23)20(2,3)8-5-10-27-4)22(19(26)28-13)9-11-29-18-21-14(12-30-18)17(24)25/h6-7,12-13,15-16,23H,5,8-11H2,1-4H3,(H,24,25)/t13-,15-,16?/m0/s1. The molecule has 2 heterocycles. The molecule has 1 aliphatic heterocycles. The Hall–Kier alpha value is -1.62. The lowest BCUT2D eigenvalue weighted by molar-refractivity contribution is 0.0690. The summed E-state index contributed by atoms with van der Waals surface area (Å²) in [4.78, 5) is 28.8. The van der Waals surface area contributed by atoms with Gasteiger partial charge in [0.15, 0.2) is 10.0 Å². The quantitative estimate of drug-likeness (QED) is 0.278. The highest BCUT2D eigenvalue weighted by Crippen LogP contribution is 2.29. The summed E-state index contributed by atoms with van der Waals surface area (Å²) in [6, 6.07) is -0.270. The second-order valence-electron chi connectivity index (χ2n) is 7.84. The first kappa shape index (κ1) is 24.6. The molecule has 0 saturated carbocycles. The summed E-state index contributed by atoms with van der Waals surface area (Å²) in [6.45, 7) is 6.92. The average molecular weight is 459 g/mol. The van der Waals surface area contributed by atoms with Gasteiger partial charge in [-0.3, -0.25) is 4.90 Å². The van der Waals surface area contributed by atoms with E-state index in [0.717, 1.165) is 12.8 Å². The van der Waals surface area contributed by atoms with Crippen molar-refractivity contribution in [1.29, 1.82) is 0 Å². The zero-order valence-electron chi connectivity index (χ0n) is 17.7. The second-order valence-corrected chi connectivity index (χ2v) is 10.0. The maximum Gasteiger partial charge on any atom is 0.410 e. The Morgan fingerprint density at radius 3 is 2.90 bits per heavy atom. The number of aromatic nitrogens is 1. The van der Waals surface area contributed by atoms with E-state index >= 15 is 0 Å². The number of thiazole rings is 1. The van der Waals surface area contributed by atoms with Crippen molar-refractivity contribution < 1.29 is 29.3 Å². The van der Waals surface area contributed by atoms with E-state index in [1.165, 1.54) is 28.5 Å². The van der Waals surface area contributed by atoms with Crippen LogP contribution >= 0.6 is 23.1 Å². The van der Waals surface area contributed by atoms with E-state index < -0.39 is 18.2 Å². The number of nitrogens with zero attached hydrogens (tertiary/aromatic N) is 2. The maximum absolute atomic E-state index is 12.2. The van der Waals surface area contributed by atoms with Gasteiger partial charge in [0, 0.05) is 31.4 Å². The van der Waals surface area contributed by atoms with E-state index in [9.17, 15) is 14.7 Å². The van der Waals surface area contributed by atoms with Crippen LogP contribution in [0, 0.1) is 5.41 Å². The summed E-state index contributed by atoms with van der Waals surface area (Å²) in [5.74, 6) is -0.493. The molecule has 1 aliphatic rings. The van der Waals surface area contributed by atoms with Crippen molar-refractivity contribution in [2.24, 2.45) is 5.41 Å². The van der Waals surface area contributed by atoms with Crippen molar-refractivity contribution >= 4 is 35.2 Å². The minimum Gasteiger partial charge on any atom is -0.476 e. The molecule has 2 rings (SSSR count). The Kier molecular flexibility index (Phi) is 9.14. The number of aliphatic hydroxyl groups excluding tert-OH is 1. The number of amides is 1. The van der Waals surface area contributed by atoms with Crippen molar-refractivity contribution in [2.75, 3.05) is 26.0 Å². The molecule has 1 aromatic heterocycles. The Morgan fingerprint density at radius 2 is 2.27 bits per heavy atom. The van der Waals surface area contributed by atoms with Gasteiger partial charge in [0.25, 0.3) is 0 Å². The van der Waals surface area contributed by atoms with Crippen LogP contribution in [0.25, 0.3) is 0 Å². The molecule has 0 spiro atoms. The number of carbonyl (C=O) groups excluding carboxylic acids is 1. The zero-order valence-corrected chi connectivity index (χ0v) is 19.4. The molecule has 0 aromatic carbocycles. The van der Waals surface area contributed by atoms with Crippen LogP contribution < -0.4 is 0 Å². The third kappa shape index (κ3) is 6.69. The van der Waals surface area contributed by atoms with E-state index in [1.807, 2.05) is 26.8 Å². The maximum atomic E-state index is 12.2. The number of hydrogen-bond donors (Lipinski definition) is 2. The van der Waals surface area contributed by atoms with Gasteiger partial charge in [0.2, 0.25) is 0 Å². The lowest BCUT2D eigenvalue weighted by atomic mass is 9.81. The molecule has 0 aliphatic carbocycles. The van der Waals surface area contributed by atoms with E-state index in [2.05, 4.69) is 4.98 Å². The van der Waals surface area contributed by atoms with Gasteiger partial charge in [-0.1, -0.05) is 37.8 Å². The first-order valence-corrected chi connectivity index (χ1v) is 11.7. The van der Waals surface area contributed by atoms with Gasteiger partial charge in [0.05, 0.1) is 12.1 Å². The van der Waals surface area contributed by atoms with Gasteiger partial charge in [-0.25, -0.2) is 14.6 Å². The van der Waals surface area contributed by atoms with Crippen molar-refractivity contribution in [2.45, 2.75) is 56.2 Å². The lowest BCUT2D eigenvalue weighted by Gasteiger charge is -2.29. The molecule has 1 fully saturated rings. The van der Waals surface area contributed by atoms with Crippen molar-refractivity contribution in [1.82, 2.24) is 9.88 Å². The average Bonchev–Trinajstić information content (AvgIpc) is 3.25. The molecule has 0 radical (unpaired) electrons. The van der Waals surface area contributed by atoms with Gasteiger partial charge in [-0.2, -0.15) is 0 Å². The SMILES string of the molecule is COCCCC(C)(C)C(O)C=C[C@H]1[C@H](C)OC(=O)N1CCSc1nc(C(=O)O)cs1. The Morgan fingerprint density at radius 1 is 1.53 bits per heavy atom. The van der Waals surface area contributed by atoms with E-state index in [1.54, 1.807) is 18.1 Å². The summed E-state index contributed by atoms with van der Waals surface area (Å²) in [5.41, 5.74) is -0.283. The first-order valence-electron chi connectivity index (χ1n) is 9.80. The normalized spacial score (nSPS) is 20.7. The number of methoxy groups -OCH3 is 1. The van der Waals surface area contributed by atoms with Gasteiger partial charge in [0.1, 0.15) is 6.10 Å². The summed E-state index contributed by atoms with van der Waals surface area (Å²) >= 11 is 2.67. The van der Waals surface area contributed by atoms with Gasteiger partial charge >= 0.3 is 12.1 Å². The minimum atomic E-state index is -1.05. The van der Waals surface area contributed by atoms with Gasteiger partial charge < -0.3 is 19.7 Å². The molecule has 1 saturated heterocycles. The monoisotopic (exact) mass is 458 g/mol. The van der Waals surface area contributed by atoms with E-state index in [4.69, 9.17) is 14.6 Å². The fourth-order valence-corrected chi connectivity index (χ4v) is 4.93. The summed E-state index contributed by atoms with van der Waals surface area (Å²) in [5, 5.41) is 21.1. The molecule has 168 valence electrons. The van der Waals surface area contributed by atoms with Crippen LogP contribution in [0.4, 0.5) is 4.79 Å². The second kappa shape index (κ2) is 11.1. The van der Waals surface area contributed by atoms with Gasteiger partial charge in [-0.15, -0.1) is 11.3 Å². The number of ether oxygens (including phenoxy) is 2. The lowest BCUT2D eigenvalue weighted by Crippen LogP contribution is -2.36. The fourth-order valence-electron chi connectivity index (χ4n) is 3.12. The van der Waals surface area contributed by atoms with Crippen LogP contribution in [0.3, 0.4) is 0 Å². The first-order chi connectivity index (χ1) is 14.2. The third-order valence-corrected chi connectivity index (χ3v) is 7.08. The van der Waals surface area contributed by atoms with Crippen LogP contribution in [0.15, 0.2) is 21.9 Å². The summed E-state index contributed by atoms with van der Waals surface area (Å²) < 4.78 is 11.1. The number of aliphatic hydroxyl groups is 1. The highest BCUT2D eigenvalue weighted by molar-refractivity contribution is 8.01. The van der Waals surface area contributed by atoms with Crippen LogP contribution in [0.1, 0.15) is 44.1 Å². The molecular formula is C20H30N2O6S2. The molecule has 8 nitrogen and oxygen atoms in total. The number of hydrogen-bond acceptors (Lipinski definition) is 8. The molecule has 0 bridgehead atoms. The largest absolute Gasteiger partial charge is 0.476 e. The molecule has 1 amide bonds. The number of rotatable bonds is 12. The molecule has 1 unspecified atom stereocenters. The van der Waals surface area contributed by atoms with Crippen LogP contribution in [-0.4, -0.2) is 76.4 Å². The van der Waals surface area contributed by atoms with Crippen molar-refractivity contribution in [3.8, 4) is 0 Å². The van der Waals surface area contributed by atoms with Crippen molar-refractivity contribution in [3.05, 3.63) is 23.2 Å². The van der Waals surface area contributed by atoms with E-state index in [0.29, 0.717) is 23.2 Å². The topological polar surface area (TPSA) is 109 Å². The van der Waals surface area contributed by atoms with E-state index in [-0.39, 0.29) is 23.3 Å². The molecule has 30 heavy (non-hydrogen) atoms. The third-order valence-electron chi connectivity index (χ3n) is 5.08. The number of carboxylic acid groups (broad SMARTS) is 1. The Bertz CT molecular complexity index is 751. The number of aromatic carboxylic acids is 1. The summed E-state index contributed by atoms with van der Waals surface area (Å²) in [7, 11) is 1.66. The molecule has 2 N–H and O–H groups in total. The summed E-state index contributed by atoms with van der Waals surface area (Å²) in [6.07, 6.45) is 3.90. The number of carboxylic acids is 1. The number of carbonyl (C=O) groups is 2. The fraction of sp³-hybridized carbons (Fsp3) is 0.650. The zero-order chi connectivity index (χ0) is 22.3. The van der Waals surface area contributed by atoms with Crippen LogP contribution in [0.2, 0.25) is 0 Å².